The molecule has 0 saturated carbocycles. The summed E-state index contributed by atoms with van der Waals surface area (Å²) >= 11 is 5.06. The molecule has 114 valence electrons. The second kappa shape index (κ2) is 8.05. The molecule has 1 N–H and O–H groups in total. The SMILES string of the molecule is O=C(Cl)COc1ccccc1.O=C1COc2ccccc2N1. The van der Waals surface area contributed by atoms with E-state index in [-0.39, 0.29) is 19.1 Å². The first kappa shape index (κ1) is 15.9. The third-order valence-electron chi connectivity index (χ3n) is 2.62. The molecule has 0 spiro atoms. The number of benzene rings is 2. The third kappa shape index (κ3) is 5.10. The molecular weight excluding hydrogens is 306 g/mol. The Balaban J connectivity index is 0.000000160. The summed E-state index contributed by atoms with van der Waals surface area (Å²) in [5, 5.41) is 2.20. The zero-order chi connectivity index (χ0) is 15.8. The van der Waals surface area contributed by atoms with E-state index in [1.165, 1.54) is 0 Å². The highest BCUT2D eigenvalue weighted by atomic mass is 35.5. The van der Waals surface area contributed by atoms with E-state index in [9.17, 15) is 9.59 Å². The Kier molecular flexibility index (Phi) is 5.80. The Labute approximate surface area is 132 Å². The molecule has 0 aliphatic carbocycles. The normalized spacial score (nSPS) is 12.0. The van der Waals surface area contributed by atoms with Crippen molar-refractivity contribution in [1.29, 1.82) is 0 Å². The highest BCUT2D eigenvalue weighted by molar-refractivity contribution is 6.63. The van der Waals surface area contributed by atoms with Crippen molar-refractivity contribution in [2.75, 3.05) is 18.5 Å². The molecule has 1 amide bonds. The highest BCUT2D eigenvalue weighted by Gasteiger charge is 2.13. The predicted molar refractivity (Wildman–Crippen MR) is 83.4 cm³/mol. The van der Waals surface area contributed by atoms with Crippen LogP contribution in [0, 0.1) is 0 Å². The molecule has 2 aromatic carbocycles. The molecule has 1 aliphatic heterocycles. The Hall–Kier alpha value is -2.53. The van der Waals surface area contributed by atoms with Crippen LogP contribution in [0.1, 0.15) is 0 Å². The molecule has 0 bridgehead atoms. The minimum atomic E-state index is -0.492. The lowest BCUT2D eigenvalue weighted by Crippen LogP contribution is -2.25. The number of carbonyl (C=O) groups excluding carboxylic acids is 2. The molecule has 22 heavy (non-hydrogen) atoms. The Morgan fingerprint density at radius 3 is 2.55 bits per heavy atom. The van der Waals surface area contributed by atoms with E-state index >= 15 is 0 Å². The number of ether oxygens (including phenoxy) is 2. The van der Waals surface area contributed by atoms with E-state index in [2.05, 4.69) is 5.32 Å². The number of fused-ring (bicyclic) bond motifs is 1. The van der Waals surface area contributed by atoms with Gasteiger partial charge in [0.25, 0.3) is 11.1 Å². The Morgan fingerprint density at radius 2 is 1.82 bits per heavy atom. The van der Waals surface area contributed by atoms with Crippen LogP contribution < -0.4 is 14.8 Å². The lowest BCUT2D eigenvalue weighted by atomic mass is 10.2. The molecule has 0 saturated heterocycles. The maximum Gasteiger partial charge on any atom is 0.262 e. The van der Waals surface area contributed by atoms with Crippen LogP contribution in [0.4, 0.5) is 5.69 Å². The zero-order valence-corrected chi connectivity index (χ0v) is 12.4. The van der Waals surface area contributed by atoms with Crippen LogP contribution in [0.15, 0.2) is 54.6 Å². The van der Waals surface area contributed by atoms with Crippen molar-refractivity contribution >= 4 is 28.4 Å². The van der Waals surface area contributed by atoms with Gasteiger partial charge >= 0.3 is 0 Å². The van der Waals surface area contributed by atoms with Gasteiger partial charge in [-0.2, -0.15) is 0 Å². The summed E-state index contributed by atoms with van der Waals surface area (Å²) in [6.45, 7) is 0.0442. The van der Waals surface area contributed by atoms with Gasteiger partial charge in [-0.15, -0.1) is 0 Å². The van der Waals surface area contributed by atoms with Gasteiger partial charge in [-0.05, 0) is 35.9 Å². The molecule has 0 unspecified atom stereocenters. The topological polar surface area (TPSA) is 64.6 Å². The van der Waals surface area contributed by atoms with Crippen LogP contribution in [0.2, 0.25) is 0 Å². The molecule has 2 aromatic rings. The van der Waals surface area contributed by atoms with Crippen molar-refractivity contribution in [2.45, 2.75) is 0 Å². The van der Waals surface area contributed by atoms with Crippen LogP contribution >= 0.6 is 11.6 Å². The van der Waals surface area contributed by atoms with Gasteiger partial charge in [-0.3, -0.25) is 9.59 Å². The van der Waals surface area contributed by atoms with E-state index in [4.69, 9.17) is 21.1 Å². The summed E-state index contributed by atoms with van der Waals surface area (Å²) in [5.74, 6) is 1.30. The molecule has 0 radical (unpaired) electrons. The van der Waals surface area contributed by atoms with Gasteiger partial charge < -0.3 is 14.8 Å². The number of halogens is 1. The number of anilines is 1. The summed E-state index contributed by atoms with van der Waals surface area (Å²) in [6, 6.07) is 16.4. The van der Waals surface area contributed by atoms with Crippen molar-refractivity contribution in [3.63, 3.8) is 0 Å². The fourth-order valence-corrected chi connectivity index (χ4v) is 1.74. The average Bonchev–Trinajstić information content (AvgIpc) is 2.54. The number of hydrogen-bond donors (Lipinski definition) is 1. The number of amides is 1. The van der Waals surface area contributed by atoms with Crippen molar-refractivity contribution in [3.05, 3.63) is 54.6 Å². The summed E-state index contributed by atoms with van der Waals surface area (Å²) in [7, 11) is 0. The fraction of sp³-hybridized carbons (Fsp3) is 0.125. The lowest BCUT2D eigenvalue weighted by molar-refractivity contribution is -0.118. The minimum Gasteiger partial charge on any atom is -0.484 e. The van der Waals surface area contributed by atoms with Gasteiger partial charge in [0.1, 0.15) is 11.5 Å². The van der Waals surface area contributed by atoms with Crippen LogP contribution in [0.25, 0.3) is 0 Å². The molecular formula is C16H14ClNO4. The first-order valence-corrected chi connectivity index (χ1v) is 6.91. The van der Waals surface area contributed by atoms with Crippen LogP contribution in [0.5, 0.6) is 11.5 Å². The van der Waals surface area contributed by atoms with E-state index in [0.29, 0.717) is 5.75 Å². The van der Waals surface area contributed by atoms with Gasteiger partial charge in [0, 0.05) is 0 Å². The number of nitrogens with one attached hydrogen (secondary N) is 1. The summed E-state index contributed by atoms with van der Waals surface area (Å²) < 4.78 is 10.1. The van der Waals surface area contributed by atoms with Gasteiger partial charge in [0.15, 0.2) is 13.2 Å². The molecule has 0 fully saturated rings. The molecule has 6 heteroatoms. The Bertz CT molecular complexity index is 646. The first-order valence-electron chi connectivity index (χ1n) is 6.53. The van der Waals surface area contributed by atoms with E-state index in [1.54, 1.807) is 12.1 Å². The standard InChI is InChI=1S/C8H7ClO2.C8H7NO2/c9-8(10)6-11-7-4-2-1-3-5-7;10-8-5-11-7-4-2-1-3-6(7)9-8/h1-5H,6H2;1-4H,5H2,(H,9,10). The molecule has 0 atom stereocenters. The summed E-state index contributed by atoms with van der Waals surface area (Å²) in [5.41, 5.74) is 0.753. The lowest BCUT2D eigenvalue weighted by Gasteiger charge is -2.16. The monoisotopic (exact) mass is 319 g/mol. The maximum atomic E-state index is 10.8. The summed E-state index contributed by atoms with van der Waals surface area (Å²) in [4.78, 5) is 21.0. The van der Waals surface area contributed by atoms with E-state index < -0.39 is 5.24 Å². The van der Waals surface area contributed by atoms with Crippen molar-refractivity contribution in [1.82, 2.24) is 0 Å². The number of rotatable bonds is 3. The van der Waals surface area contributed by atoms with Crippen molar-refractivity contribution < 1.29 is 19.1 Å². The molecule has 3 rings (SSSR count). The molecule has 5 nitrogen and oxygen atoms in total. The number of para-hydroxylation sites is 3. The van der Waals surface area contributed by atoms with Crippen molar-refractivity contribution in [2.24, 2.45) is 0 Å². The van der Waals surface area contributed by atoms with Crippen LogP contribution in [-0.4, -0.2) is 24.4 Å². The second-order valence-electron chi connectivity index (χ2n) is 4.29. The first-order chi connectivity index (χ1) is 10.6. The summed E-state index contributed by atoms with van der Waals surface area (Å²) in [6.07, 6.45) is 0. The van der Waals surface area contributed by atoms with Gasteiger partial charge in [0.2, 0.25) is 0 Å². The highest BCUT2D eigenvalue weighted by Crippen LogP contribution is 2.25. The van der Waals surface area contributed by atoms with E-state index in [1.807, 2.05) is 42.5 Å². The van der Waals surface area contributed by atoms with Gasteiger partial charge in [-0.25, -0.2) is 0 Å². The van der Waals surface area contributed by atoms with Gasteiger partial charge in [-0.1, -0.05) is 30.3 Å². The zero-order valence-electron chi connectivity index (χ0n) is 11.6. The predicted octanol–water partition coefficient (Wildman–Crippen LogP) is 2.85. The largest absolute Gasteiger partial charge is 0.484 e. The third-order valence-corrected chi connectivity index (χ3v) is 2.72. The number of hydrogen-bond acceptors (Lipinski definition) is 4. The van der Waals surface area contributed by atoms with E-state index in [0.717, 1.165) is 11.4 Å². The van der Waals surface area contributed by atoms with Crippen LogP contribution in [0.3, 0.4) is 0 Å². The molecule has 1 heterocycles. The Morgan fingerprint density at radius 1 is 1.14 bits per heavy atom. The van der Waals surface area contributed by atoms with Gasteiger partial charge in [0.05, 0.1) is 5.69 Å². The average molecular weight is 320 g/mol. The van der Waals surface area contributed by atoms with Crippen molar-refractivity contribution in [3.8, 4) is 11.5 Å². The molecule has 1 aliphatic rings. The second-order valence-corrected chi connectivity index (χ2v) is 4.71. The van der Waals surface area contributed by atoms with Crippen LogP contribution in [-0.2, 0) is 9.59 Å². The maximum absolute atomic E-state index is 10.8. The smallest absolute Gasteiger partial charge is 0.262 e. The number of carbonyl (C=O) groups is 2. The fourth-order valence-electron chi connectivity index (χ4n) is 1.68. The minimum absolute atomic E-state index is 0.0778. The molecule has 0 aromatic heterocycles. The quantitative estimate of drug-likeness (QED) is 0.884.